The molecule has 0 radical (unpaired) electrons. The van der Waals surface area contributed by atoms with E-state index in [2.05, 4.69) is 27.0 Å². The molecule has 0 N–H and O–H groups in total. The molecule has 28 heavy (non-hydrogen) atoms. The van der Waals surface area contributed by atoms with Gasteiger partial charge < -0.3 is 9.80 Å². The first-order valence-electron chi connectivity index (χ1n) is 9.25. The van der Waals surface area contributed by atoms with Crippen molar-refractivity contribution in [3.63, 3.8) is 0 Å². The second-order valence-electron chi connectivity index (χ2n) is 7.21. The van der Waals surface area contributed by atoms with Crippen LogP contribution in [0.2, 0.25) is 0 Å². The van der Waals surface area contributed by atoms with Crippen LogP contribution in [-0.2, 0) is 6.18 Å². The second-order valence-corrected chi connectivity index (χ2v) is 7.21. The number of rotatable bonds is 2. The van der Waals surface area contributed by atoms with E-state index in [1.807, 2.05) is 26.0 Å². The fraction of sp³-hybridized carbons (Fsp3) is 0.333. The predicted molar refractivity (Wildman–Crippen MR) is 105 cm³/mol. The molecular formula is C21H21F3N4. The van der Waals surface area contributed by atoms with E-state index in [9.17, 15) is 13.2 Å². The number of halogens is 3. The summed E-state index contributed by atoms with van der Waals surface area (Å²) in [6.07, 6.45) is -4.55. The molecule has 1 atom stereocenters. The van der Waals surface area contributed by atoms with E-state index >= 15 is 0 Å². The van der Waals surface area contributed by atoms with E-state index in [0.717, 1.165) is 5.69 Å². The van der Waals surface area contributed by atoms with Gasteiger partial charge >= 0.3 is 6.18 Å². The van der Waals surface area contributed by atoms with Crippen LogP contribution in [0.5, 0.6) is 0 Å². The molecule has 0 saturated carbocycles. The van der Waals surface area contributed by atoms with Gasteiger partial charge in [0.1, 0.15) is 0 Å². The summed E-state index contributed by atoms with van der Waals surface area (Å²) in [5.74, 6) is -0.0818. The van der Waals surface area contributed by atoms with Gasteiger partial charge in [-0.1, -0.05) is 29.8 Å². The van der Waals surface area contributed by atoms with Gasteiger partial charge in [-0.2, -0.15) is 13.2 Å². The summed E-state index contributed by atoms with van der Waals surface area (Å²) in [7, 11) is 0. The molecule has 1 aliphatic heterocycles. The zero-order valence-electron chi connectivity index (χ0n) is 15.7. The van der Waals surface area contributed by atoms with Crippen LogP contribution in [-0.4, -0.2) is 35.6 Å². The minimum atomic E-state index is -4.55. The first kappa shape index (κ1) is 18.5. The highest BCUT2D eigenvalue weighted by molar-refractivity contribution is 5.76. The SMILES string of the molecule is Cc1ccc(N2CCN(c3nc4ccccc4nc3C(F)(F)F)CC2C)cc1. The van der Waals surface area contributed by atoms with Crippen molar-refractivity contribution in [3.05, 3.63) is 59.8 Å². The molecule has 0 aliphatic carbocycles. The van der Waals surface area contributed by atoms with E-state index in [0.29, 0.717) is 25.2 Å². The monoisotopic (exact) mass is 386 g/mol. The summed E-state index contributed by atoms with van der Waals surface area (Å²) in [5.41, 5.74) is 2.07. The molecule has 0 amide bonds. The topological polar surface area (TPSA) is 32.3 Å². The Hall–Kier alpha value is -2.83. The molecule has 4 rings (SSSR count). The van der Waals surface area contributed by atoms with Crippen LogP contribution in [0.15, 0.2) is 48.5 Å². The summed E-state index contributed by atoms with van der Waals surface area (Å²) in [5, 5.41) is 0. The maximum atomic E-state index is 13.7. The fourth-order valence-electron chi connectivity index (χ4n) is 3.67. The minimum Gasteiger partial charge on any atom is -0.365 e. The van der Waals surface area contributed by atoms with Crippen LogP contribution in [0.4, 0.5) is 24.7 Å². The zero-order chi connectivity index (χ0) is 19.9. The Bertz CT molecular complexity index is 985. The van der Waals surface area contributed by atoms with Gasteiger partial charge in [-0.25, -0.2) is 9.97 Å². The molecule has 1 fully saturated rings. The molecule has 1 aromatic heterocycles. The average molecular weight is 386 g/mol. The van der Waals surface area contributed by atoms with Crippen LogP contribution >= 0.6 is 0 Å². The summed E-state index contributed by atoms with van der Waals surface area (Å²) < 4.78 is 41.0. The van der Waals surface area contributed by atoms with Crippen molar-refractivity contribution in [3.8, 4) is 0 Å². The highest BCUT2D eigenvalue weighted by Gasteiger charge is 2.39. The zero-order valence-corrected chi connectivity index (χ0v) is 15.7. The van der Waals surface area contributed by atoms with E-state index in [4.69, 9.17) is 0 Å². The van der Waals surface area contributed by atoms with E-state index in [1.54, 1.807) is 29.2 Å². The molecule has 2 aromatic carbocycles. The normalized spacial score (nSPS) is 18.0. The van der Waals surface area contributed by atoms with Gasteiger partial charge in [-0.05, 0) is 38.1 Å². The lowest BCUT2D eigenvalue weighted by Crippen LogP contribution is -2.52. The Morgan fingerprint density at radius 1 is 0.929 bits per heavy atom. The van der Waals surface area contributed by atoms with Crippen molar-refractivity contribution in [1.82, 2.24) is 9.97 Å². The number of hydrogen-bond acceptors (Lipinski definition) is 4. The van der Waals surface area contributed by atoms with Crippen molar-refractivity contribution in [2.24, 2.45) is 0 Å². The highest BCUT2D eigenvalue weighted by atomic mass is 19.4. The number of aryl methyl sites for hydroxylation is 1. The largest absolute Gasteiger partial charge is 0.437 e. The van der Waals surface area contributed by atoms with Crippen LogP contribution in [0.1, 0.15) is 18.2 Å². The van der Waals surface area contributed by atoms with Gasteiger partial charge in [-0.3, -0.25) is 0 Å². The van der Waals surface area contributed by atoms with Gasteiger partial charge in [0.15, 0.2) is 11.5 Å². The van der Waals surface area contributed by atoms with Crippen LogP contribution in [0, 0.1) is 6.92 Å². The summed E-state index contributed by atoms with van der Waals surface area (Å²) in [4.78, 5) is 12.2. The number of para-hydroxylation sites is 2. The number of anilines is 2. The fourth-order valence-corrected chi connectivity index (χ4v) is 3.67. The number of hydrogen-bond donors (Lipinski definition) is 0. The smallest absolute Gasteiger partial charge is 0.365 e. The first-order valence-corrected chi connectivity index (χ1v) is 9.25. The molecule has 1 aliphatic rings. The van der Waals surface area contributed by atoms with Crippen LogP contribution in [0.25, 0.3) is 11.0 Å². The standard InChI is InChI=1S/C21H21F3N4/c1-14-7-9-16(10-8-14)28-12-11-27(13-15(28)2)20-19(21(22,23)24)25-17-5-3-4-6-18(17)26-20/h3-10,15H,11-13H2,1-2H3. The first-order chi connectivity index (χ1) is 13.3. The number of benzene rings is 2. The molecular weight excluding hydrogens is 365 g/mol. The molecule has 146 valence electrons. The number of nitrogens with zero attached hydrogens (tertiary/aromatic N) is 4. The Morgan fingerprint density at radius 3 is 2.18 bits per heavy atom. The number of fused-ring (bicyclic) bond motifs is 1. The molecule has 4 nitrogen and oxygen atoms in total. The third kappa shape index (κ3) is 3.48. The molecule has 1 saturated heterocycles. The molecule has 0 spiro atoms. The Balaban J connectivity index is 1.66. The number of alkyl halides is 3. The highest BCUT2D eigenvalue weighted by Crippen LogP contribution is 2.36. The molecule has 0 bridgehead atoms. The molecule has 1 unspecified atom stereocenters. The van der Waals surface area contributed by atoms with Gasteiger partial charge in [0.25, 0.3) is 0 Å². The van der Waals surface area contributed by atoms with Crippen molar-refractivity contribution < 1.29 is 13.2 Å². The van der Waals surface area contributed by atoms with Gasteiger partial charge in [-0.15, -0.1) is 0 Å². The summed E-state index contributed by atoms with van der Waals surface area (Å²) in [6, 6.07) is 14.9. The van der Waals surface area contributed by atoms with Crippen LogP contribution < -0.4 is 9.80 Å². The third-order valence-corrected chi connectivity index (χ3v) is 5.11. The lowest BCUT2D eigenvalue weighted by Gasteiger charge is -2.42. The minimum absolute atomic E-state index is 0.0470. The van der Waals surface area contributed by atoms with E-state index in [-0.39, 0.29) is 17.4 Å². The van der Waals surface area contributed by atoms with Gasteiger partial charge in [0.2, 0.25) is 0 Å². The van der Waals surface area contributed by atoms with Crippen molar-refractivity contribution in [2.75, 3.05) is 29.4 Å². The summed E-state index contributed by atoms with van der Waals surface area (Å²) in [6.45, 7) is 5.57. The Morgan fingerprint density at radius 2 is 1.57 bits per heavy atom. The van der Waals surface area contributed by atoms with Gasteiger partial charge in [0, 0.05) is 31.4 Å². The Kier molecular flexibility index (Phi) is 4.61. The lowest BCUT2D eigenvalue weighted by atomic mass is 10.1. The molecule has 3 aromatic rings. The second kappa shape index (κ2) is 6.96. The number of aromatic nitrogens is 2. The van der Waals surface area contributed by atoms with Crippen molar-refractivity contribution >= 4 is 22.5 Å². The lowest BCUT2D eigenvalue weighted by molar-refractivity contribution is -0.140. The quantitative estimate of drug-likeness (QED) is 0.641. The third-order valence-electron chi connectivity index (χ3n) is 5.11. The van der Waals surface area contributed by atoms with E-state index < -0.39 is 11.9 Å². The van der Waals surface area contributed by atoms with Crippen molar-refractivity contribution in [2.45, 2.75) is 26.1 Å². The van der Waals surface area contributed by atoms with Crippen molar-refractivity contribution in [1.29, 1.82) is 0 Å². The van der Waals surface area contributed by atoms with E-state index in [1.165, 1.54) is 5.56 Å². The molecule has 2 heterocycles. The maximum absolute atomic E-state index is 13.7. The Labute approximate surface area is 161 Å². The average Bonchev–Trinajstić information content (AvgIpc) is 2.67. The van der Waals surface area contributed by atoms with Crippen LogP contribution in [0.3, 0.4) is 0 Å². The maximum Gasteiger partial charge on any atom is 0.437 e. The summed E-state index contributed by atoms with van der Waals surface area (Å²) >= 11 is 0. The molecule has 7 heteroatoms. The number of piperazine rings is 1. The van der Waals surface area contributed by atoms with Gasteiger partial charge in [0.05, 0.1) is 11.0 Å². The predicted octanol–water partition coefficient (Wildman–Crippen LogP) is 4.67.